The molecular weight excluding hydrogens is 200 g/mol. The number of nitrogens with zero attached hydrogens (tertiary/aromatic N) is 2. The molecule has 15 heavy (non-hydrogen) atoms. The van der Waals surface area contributed by atoms with Crippen LogP contribution in [0.5, 0.6) is 0 Å². The van der Waals surface area contributed by atoms with Gasteiger partial charge in [-0.3, -0.25) is 0 Å². The van der Waals surface area contributed by atoms with Crippen LogP contribution in [0.1, 0.15) is 19.5 Å². The molecule has 0 saturated carbocycles. The minimum Gasteiger partial charge on any atom is -0.331 e. The van der Waals surface area contributed by atoms with Crippen LogP contribution in [-0.2, 0) is 13.1 Å². The van der Waals surface area contributed by atoms with Gasteiger partial charge in [-0.2, -0.15) is 0 Å². The molecule has 0 saturated heterocycles. The Morgan fingerprint density at radius 2 is 2.20 bits per heavy atom. The van der Waals surface area contributed by atoms with Gasteiger partial charge in [0.05, 0.1) is 18.6 Å². The second-order valence-electron chi connectivity index (χ2n) is 3.98. The van der Waals surface area contributed by atoms with E-state index in [0.29, 0.717) is 12.5 Å². The lowest BCUT2D eigenvalue weighted by molar-refractivity contribution is 0.126. The summed E-state index contributed by atoms with van der Waals surface area (Å²) in [5.41, 5.74) is 0.802. The monoisotopic (exact) mass is 217 g/mol. The molecule has 0 spiro atoms. The minimum absolute atomic E-state index is 0.281. The van der Waals surface area contributed by atoms with Crippen molar-refractivity contribution in [1.82, 2.24) is 14.9 Å². The number of rotatable bonds is 6. The van der Waals surface area contributed by atoms with E-state index in [9.17, 15) is 8.78 Å². The van der Waals surface area contributed by atoms with Crippen LogP contribution in [-0.4, -0.2) is 22.5 Å². The van der Waals surface area contributed by atoms with Gasteiger partial charge >= 0.3 is 0 Å². The summed E-state index contributed by atoms with van der Waals surface area (Å²) in [6, 6.07) is 0. The SMILES string of the molecule is CC(C)CNCc1cn(CC(F)F)cn1. The third-order valence-corrected chi connectivity index (χ3v) is 1.89. The molecule has 0 fully saturated rings. The summed E-state index contributed by atoms with van der Waals surface area (Å²) in [4.78, 5) is 4.03. The quantitative estimate of drug-likeness (QED) is 0.788. The first kappa shape index (κ1) is 12.1. The third-order valence-electron chi connectivity index (χ3n) is 1.89. The maximum Gasteiger partial charge on any atom is 0.256 e. The number of aromatic nitrogens is 2. The van der Waals surface area contributed by atoms with E-state index in [1.807, 2.05) is 0 Å². The predicted molar refractivity (Wildman–Crippen MR) is 54.8 cm³/mol. The summed E-state index contributed by atoms with van der Waals surface area (Å²) in [6.45, 7) is 5.48. The summed E-state index contributed by atoms with van der Waals surface area (Å²) >= 11 is 0. The Morgan fingerprint density at radius 1 is 1.47 bits per heavy atom. The van der Waals surface area contributed by atoms with Crippen LogP contribution < -0.4 is 5.32 Å². The van der Waals surface area contributed by atoms with Crippen molar-refractivity contribution >= 4 is 0 Å². The Hall–Kier alpha value is -0.970. The highest BCUT2D eigenvalue weighted by Crippen LogP contribution is 2.01. The molecule has 0 aromatic carbocycles. The molecule has 3 nitrogen and oxygen atoms in total. The van der Waals surface area contributed by atoms with Crippen LogP contribution in [0, 0.1) is 5.92 Å². The zero-order valence-corrected chi connectivity index (χ0v) is 9.08. The topological polar surface area (TPSA) is 29.9 Å². The van der Waals surface area contributed by atoms with Gasteiger partial charge in [0.25, 0.3) is 6.43 Å². The van der Waals surface area contributed by atoms with E-state index in [1.165, 1.54) is 10.9 Å². The largest absolute Gasteiger partial charge is 0.331 e. The van der Waals surface area contributed by atoms with Crippen LogP contribution in [0.3, 0.4) is 0 Å². The molecule has 0 aliphatic rings. The first-order valence-electron chi connectivity index (χ1n) is 5.07. The lowest BCUT2D eigenvalue weighted by Crippen LogP contribution is -2.19. The Bertz CT molecular complexity index is 284. The molecule has 0 radical (unpaired) electrons. The lowest BCUT2D eigenvalue weighted by atomic mass is 10.2. The van der Waals surface area contributed by atoms with Crippen LogP contribution in [0.25, 0.3) is 0 Å². The Balaban J connectivity index is 2.33. The van der Waals surface area contributed by atoms with Crippen molar-refractivity contribution in [2.24, 2.45) is 5.92 Å². The van der Waals surface area contributed by atoms with Crippen molar-refractivity contribution in [1.29, 1.82) is 0 Å². The minimum atomic E-state index is -2.32. The molecule has 5 heteroatoms. The van der Waals surface area contributed by atoms with E-state index in [4.69, 9.17) is 0 Å². The predicted octanol–water partition coefficient (Wildman–Crippen LogP) is 1.89. The molecule has 0 aliphatic carbocycles. The average Bonchev–Trinajstić information content (AvgIpc) is 2.50. The van der Waals surface area contributed by atoms with E-state index in [-0.39, 0.29) is 6.54 Å². The van der Waals surface area contributed by atoms with Crippen molar-refractivity contribution in [2.75, 3.05) is 6.54 Å². The summed E-state index contributed by atoms with van der Waals surface area (Å²) in [5, 5.41) is 3.20. The second kappa shape index (κ2) is 5.80. The zero-order valence-electron chi connectivity index (χ0n) is 9.08. The average molecular weight is 217 g/mol. The fourth-order valence-electron chi connectivity index (χ4n) is 1.25. The maximum absolute atomic E-state index is 12.0. The number of alkyl halides is 2. The maximum atomic E-state index is 12.0. The molecule has 1 aromatic heterocycles. The van der Waals surface area contributed by atoms with E-state index in [1.54, 1.807) is 6.20 Å². The van der Waals surface area contributed by atoms with Crippen LogP contribution >= 0.6 is 0 Å². The second-order valence-corrected chi connectivity index (χ2v) is 3.98. The number of nitrogens with one attached hydrogen (secondary N) is 1. The highest BCUT2D eigenvalue weighted by atomic mass is 19.3. The fourth-order valence-corrected chi connectivity index (χ4v) is 1.25. The first-order valence-corrected chi connectivity index (χ1v) is 5.07. The standard InChI is InChI=1S/C10H17F2N3/c1-8(2)3-13-4-9-5-15(7-14-9)6-10(11)12/h5,7-8,10,13H,3-4,6H2,1-2H3. The normalized spacial score (nSPS) is 11.6. The van der Waals surface area contributed by atoms with E-state index in [2.05, 4.69) is 24.1 Å². The number of imidazole rings is 1. The fraction of sp³-hybridized carbons (Fsp3) is 0.700. The van der Waals surface area contributed by atoms with E-state index < -0.39 is 6.43 Å². The molecule has 1 rings (SSSR count). The third kappa shape index (κ3) is 4.88. The lowest BCUT2D eigenvalue weighted by Gasteiger charge is -2.04. The Morgan fingerprint density at radius 3 is 2.80 bits per heavy atom. The highest BCUT2D eigenvalue weighted by Gasteiger charge is 2.05. The van der Waals surface area contributed by atoms with Crippen molar-refractivity contribution in [3.63, 3.8) is 0 Å². The number of halogens is 2. The zero-order chi connectivity index (χ0) is 11.3. The smallest absolute Gasteiger partial charge is 0.256 e. The van der Waals surface area contributed by atoms with Crippen molar-refractivity contribution < 1.29 is 8.78 Å². The van der Waals surface area contributed by atoms with Gasteiger partial charge < -0.3 is 9.88 Å². The molecule has 0 amide bonds. The molecule has 1 N–H and O–H groups in total. The van der Waals surface area contributed by atoms with Gasteiger partial charge in [-0.05, 0) is 12.5 Å². The summed E-state index contributed by atoms with van der Waals surface area (Å²) in [6.07, 6.45) is 0.772. The van der Waals surface area contributed by atoms with Crippen molar-refractivity contribution in [3.8, 4) is 0 Å². The molecule has 0 bridgehead atoms. The molecule has 1 heterocycles. The Kier molecular flexibility index (Phi) is 4.68. The van der Waals surface area contributed by atoms with Gasteiger partial charge in [0.1, 0.15) is 0 Å². The van der Waals surface area contributed by atoms with Crippen LogP contribution in [0.2, 0.25) is 0 Å². The first-order chi connectivity index (χ1) is 7.08. The van der Waals surface area contributed by atoms with Gasteiger partial charge in [-0.1, -0.05) is 13.8 Å². The van der Waals surface area contributed by atoms with Gasteiger partial charge in [0, 0.05) is 12.7 Å². The van der Waals surface area contributed by atoms with Crippen LogP contribution in [0.15, 0.2) is 12.5 Å². The summed E-state index contributed by atoms with van der Waals surface area (Å²) in [7, 11) is 0. The van der Waals surface area contributed by atoms with Gasteiger partial charge in [-0.15, -0.1) is 0 Å². The molecular formula is C10H17F2N3. The van der Waals surface area contributed by atoms with Crippen LogP contribution in [0.4, 0.5) is 8.78 Å². The molecule has 0 aliphatic heterocycles. The molecule has 86 valence electrons. The Labute approximate surface area is 88.5 Å². The number of hydrogen-bond donors (Lipinski definition) is 1. The van der Waals surface area contributed by atoms with E-state index in [0.717, 1.165) is 12.2 Å². The van der Waals surface area contributed by atoms with Gasteiger partial charge in [0.2, 0.25) is 0 Å². The van der Waals surface area contributed by atoms with Gasteiger partial charge in [-0.25, -0.2) is 13.8 Å². The molecule has 0 unspecified atom stereocenters. The van der Waals surface area contributed by atoms with Gasteiger partial charge in [0.15, 0.2) is 0 Å². The van der Waals surface area contributed by atoms with Crippen molar-refractivity contribution in [2.45, 2.75) is 33.4 Å². The summed E-state index contributed by atoms with van der Waals surface area (Å²) < 4.78 is 25.5. The van der Waals surface area contributed by atoms with Crippen molar-refractivity contribution in [3.05, 3.63) is 18.2 Å². The van der Waals surface area contributed by atoms with E-state index >= 15 is 0 Å². The summed E-state index contributed by atoms with van der Waals surface area (Å²) in [5.74, 6) is 0.577. The number of hydrogen-bond acceptors (Lipinski definition) is 2. The molecule has 0 atom stereocenters. The molecule has 1 aromatic rings. The highest BCUT2D eigenvalue weighted by molar-refractivity contribution is 4.96.